The normalized spacial score (nSPS) is 11.5. The molecule has 1 N–H and O–H groups in total. The Morgan fingerprint density at radius 3 is 2.46 bits per heavy atom. The molecule has 0 saturated heterocycles. The number of sulfonamides is 1. The monoisotopic (exact) mass is 430 g/mol. The SMILES string of the molecule is COc1ccc(S(=O)(=O)Nc2ccc(-c3nc4ccccc4s3)c(Cl)c2)cc1. The fourth-order valence-electron chi connectivity index (χ4n) is 2.71. The number of anilines is 1. The second kappa shape index (κ2) is 7.43. The van der Waals surface area contributed by atoms with Crippen LogP contribution in [0.3, 0.4) is 0 Å². The van der Waals surface area contributed by atoms with Crippen LogP contribution in [0.5, 0.6) is 5.75 Å². The van der Waals surface area contributed by atoms with Crippen molar-refractivity contribution in [2.45, 2.75) is 4.90 Å². The van der Waals surface area contributed by atoms with Crippen LogP contribution in [-0.4, -0.2) is 20.5 Å². The first-order valence-corrected chi connectivity index (χ1v) is 11.0. The number of halogens is 1. The van der Waals surface area contributed by atoms with Crippen LogP contribution in [0.25, 0.3) is 20.8 Å². The minimum Gasteiger partial charge on any atom is -0.497 e. The van der Waals surface area contributed by atoms with Gasteiger partial charge in [0.1, 0.15) is 10.8 Å². The fourth-order valence-corrected chi connectivity index (χ4v) is 5.09. The Labute approximate surface area is 171 Å². The van der Waals surface area contributed by atoms with Crippen molar-refractivity contribution in [3.63, 3.8) is 0 Å². The third-order valence-corrected chi connectivity index (χ3v) is 6.89. The lowest BCUT2D eigenvalue weighted by molar-refractivity contribution is 0.414. The molecule has 0 amide bonds. The van der Waals surface area contributed by atoms with Crippen molar-refractivity contribution < 1.29 is 13.2 Å². The van der Waals surface area contributed by atoms with E-state index in [1.807, 2.05) is 24.3 Å². The van der Waals surface area contributed by atoms with E-state index in [0.717, 1.165) is 20.8 Å². The Hall–Kier alpha value is -2.61. The summed E-state index contributed by atoms with van der Waals surface area (Å²) in [5.74, 6) is 0.585. The van der Waals surface area contributed by atoms with Gasteiger partial charge in [-0.15, -0.1) is 11.3 Å². The highest BCUT2D eigenvalue weighted by Crippen LogP contribution is 2.36. The molecule has 4 aromatic rings. The summed E-state index contributed by atoms with van der Waals surface area (Å²) in [6.07, 6.45) is 0. The third-order valence-electron chi connectivity index (χ3n) is 4.12. The third kappa shape index (κ3) is 3.69. The molecule has 0 fully saturated rings. The maximum absolute atomic E-state index is 12.6. The molecule has 0 atom stereocenters. The van der Waals surface area contributed by atoms with E-state index in [0.29, 0.717) is 16.5 Å². The average Bonchev–Trinajstić information content (AvgIpc) is 3.11. The molecule has 8 heteroatoms. The van der Waals surface area contributed by atoms with Gasteiger partial charge in [0.25, 0.3) is 10.0 Å². The summed E-state index contributed by atoms with van der Waals surface area (Å²) in [7, 11) is -2.21. The van der Waals surface area contributed by atoms with Gasteiger partial charge < -0.3 is 4.74 Å². The summed E-state index contributed by atoms with van der Waals surface area (Å²) >= 11 is 7.96. The molecule has 0 radical (unpaired) electrons. The number of aromatic nitrogens is 1. The number of methoxy groups -OCH3 is 1. The van der Waals surface area contributed by atoms with E-state index in [-0.39, 0.29) is 4.90 Å². The minimum absolute atomic E-state index is 0.139. The van der Waals surface area contributed by atoms with Gasteiger partial charge in [0, 0.05) is 5.56 Å². The van der Waals surface area contributed by atoms with Crippen LogP contribution >= 0.6 is 22.9 Å². The molecule has 0 unspecified atom stereocenters. The number of nitrogens with one attached hydrogen (secondary N) is 1. The van der Waals surface area contributed by atoms with Gasteiger partial charge >= 0.3 is 0 Å². The molecule has 0 aliphatic rings. The number of fused-ring (bicyclic) bond motifs is 1. The summed E-state index contributed by atoms with van der Waals surface area (Å²) in [6, 6.07) is 19.0. The fraction of sp³-hybridized carbons (Fsp3) is 0.0500. The summed E-state index contributed by atoms with van der Waals surface area (Å²) < 4.78 is 33.8. The van der Waals surface area contributed by atoms with Gasteiger partial charge in [-0.3, -0.25) is 4.72 Å². The highest BCUT2D eigenvalue weighted by atomic mass is 35.5. The van der Waals surface area contributed by atoms with Crippen molar-refractivity contribution in [3.8, 4) is 16.3 Å². The molecule has 0 aliphatic carbocycles. The molecule has 0 aliphatic heterocycles. The average molecular weight is 431 g/mol. The summed E-state index contributed by atoms with van der Waals surface area (Å²) in [4.78, 5) is 4.73. The van der Waals surface area contributed by atoms with E-state index in [9.17, 15) is 8.42 Å². The number of benzene rings is 3. The van der Waals surface area contributed by atoms with Crippen LogP contribution in [-0.2, 0) is 10.0 Å². The molecule has 1 aromatic heterocycles. The van der Waals surface area contributed by atoms with Gasteiger partial charge in [-0.05, 0) is 54.6 Å². The number of thiazole rings is 1. The molecule has 142 valence electrons. The predicted molar refractivity (Wildman–Crippen MR) is 114 cm³/mol. The van der Waals surface area contributed by atoms with Gasteiger partial charge in [-0.25, -0.2) is 13.4 Å². The number of rotatable bonds is 5. The van der Waals surface area contributed by atoms with Crippen LogP contribution < -0.4 is 9.46 Å². The molecule has 0 bridgehead atoms. The van der Waals surface area contributed by atoms with Crippen molar-refractivity contribution in [1.29, 1.82) is 0 Å². The van der Waals surface area contributed by atoms with E-state index < -0.39 is 10.0 Å². The lowest BCUT2D eigenvalue weighted by Crippen LogP contribution is -2.12. The number of hydrogen-bond donors (Lipinski definition) is 1. The number of hydrogen-bond acceptors (Lipinski definition) is 5. The second-order valence-electron chi connectivity index (χ2n) is 5.96. The largest absolute Gasteiger partial charge is 0.497 e. The first-order valence-electron chi connectivity index (χ1n) is 8.29. The zero-order valence-corrected chi connectivity index (χ0v) is 17.1. The van der Waals surface area contributed by atoms with E-state index in [4.69, 9.17) is 16.3 Å². The number of ether oxygens (including phenoxy) is 1. The van der Waals surface area contributed by atoms with E-state index in [1.165, 1.54) is 30.6 Å². The Kier molecular flexibility index (Phi) is 4.97. The molecule has 5 nitrogen and oxygen atoms in total. The Morgan fingerprint density at radius 2 is 1.79 bits per heavy atom. The summed E-state index contributed by atoms with van der Waals surface area (Å²) in [5, 5.41) is 1.21. The van der Waals surface area contributed by atoms with Crippen LogP contribution in [0.4, 0.5) is 5.69 Å². The standard InChI is InChI=1S/C20H15ClN2O3S2/c1-26-14-7-9-15(10-8-14)28(24,25)23-13-6-11-16(17(21)12-13)20-22-18-4-2-3-5-19(18)27-20/h2-12,23H,1H3. The molecule has 0 spiro atoms. The van der Waals surface area contributed by atoms with Gasteiger partial charge in [0.15, 0.2) is 0 Å². The van der Waals surface area contributed by atoms with Gasteiger partial charge in [-0.2, -0.15) is 0 Å². The molecule has 4 rings (SSSR count). The first-order chi connectivity index (χ1) is 13.5. The van der Waals surface area contributed by atoms with Gasteiger partial charge in [0.05, 0.1) is 32.9 Å². The summed E-state index contributed by atoms with van der Waals surface area (Å²) in [5.41, 5.74) is 2.05. The van der Waals surface area contributed by atoms with Crippen molar-refractivity contribution in [3.05, 3.63) is 71.8 Å². The zero-order valence-electron chi connectivity index (χ0n) is 14.7. The molecule has 28 heavy (non-hydrogen) atoms. The van der Waals surface area contributed by atoms with Crippen LogP contribution in [0.2, 0.25) is 5.02 Å². The van der Waals surface area contributed by atoms with E-state index in [1.54, 1.807) is 30.3 Å². The predicted octanol–water partition coefficient (Wildman–Crippen LogP) is 5.43. The highest BCUT2D eigenvalue weighted by Gasteiger charge is 2.16. The number of nitrogens with zero attached hydrogens (tertiary/aromatic N) is 1. The Balaban J connectivity index is 1.62. The minimum atomic E-state index is -3.73. The van der Waals surface area contributed by atoms with E-state index in [2.05, 4.69) is 9.71 Å². The summed E-state index contributed by atoms with van der Waals surface area (Å²) in [6.45, 7) is 0. The molecule has 0 saturated carbocycles. The van der Waals surface area contributed by atoms with Crippen molar-refractivity contribution in [2.75, 3.05) is 11.8 Å². The smallest absolute Gasteiger partial charge is 0.261 e. The quantitative estimate of drug-likeness (QED) is 0.458. The van der Waals surface area contributed by atoms with Crippen molar-refractivity contribution >= 4 is 48.9 Å². The topological polar surface area (TPSA) is 68.3 Å². The first kappa shape index (κ1) is 18.7. The van der Waals surface area contributed by atoms with E-state index >= 15 is 0 Å². The lowest BCUT2D eigenvalue weighted by atomic mass is 10.2. The van der Waals surface area contributed by atoms with Gasteiger partial charge in [0.2, 0.25) is 0 Å². The molecular formula is C20H15ClN2O3S2. The Bertz CT molecular complexity index is 1220. The van der Waals surface area contributed by atoms with Crippen LogP contribution in [0, 0.1) is 0 Å². The maximum Gasteiger partial charge on any atom is 0.261 e. The Morgan fingerprint density at radius 1 is 1.04 bits per heavy atom. The highest BCUT2D eigenvalue weighted by molar-refractivity contribution is 7.92. The second-order valence-corrected chi connectivity index (χ2v) is 9.08. The number of para-hydroxylation sites is 1. The molecule has 3 aromatic carbocycles. The van der Waals surface area contributed by atoms with Crippen molar-refractivity contribution in [2.24, 2.45) is 0 Å². The van der Waals surface area contributed by atoms with Crippen molar-refractivity contribution in [1.82, 2.24) is 4.98 Å². The molecular weight excluding hydrogens is 416 g/mol. The van der Waals surface area contributed by atoms with Gasteiger partial charge in [-0.1, -0.05) is 23.7 Å². The lowest BCUT2D eigenvalue weighted by Gasteiger charge is -2.10. The van der Waals surface area contributed by atoms with Crippen LogP contribution in [0.15, 0.2) is 71.6 Å². The molecule has 1 heterocycles. The van der Waals surface area contributed by atoms with Crippen LogP contribution in [0.1, 0.15) is 0 Å². The zero-order chi connectivity index (χ0) is 19.7. The maximum atomic E-state index is 12.6.